The second-order valence-corrected chi connectivity index (χ2v) is 11.5. The van der Waals surface area contributed by atoms with Crippen molar-refractivity contribution in [1.82, 2.24) is 0 Å². The molecule has 0 amide bonds. The molecule has 172 valence electrons. The van der Waals surface area contributed by atoms with Crippen molar-refractivity contribution >= 4 is 11.9 Å². The molecule has 5 saturated carbocycles. The first-order chi connectivity index (χ1) is 15.2. The monoisotopic (exact) mass is 436 g/mol. The van der Waals surface area contributed by atoms with E-state index >= 15 is 0 Å². The van der Waals surface area contributed by atoms with E-state index in [4.69, 9.17) is 9.47 Å². The average molecular weight is 437 g/mol. The Kier molecular flexibility index (Phi) is 5.07. The third kappa shape index (κ3) is 3.01. The second-order valence-electron chi connectivity index (χ2n) is 11.5. The lowest BCUT2D eigenvalue weighted by molar-refractivity contribution is -0.204. The molecular weight excluding hydrogens is 400 g/mol. The Balaban J connectivity index is 1.43. The van der Waals surface area contributed by atoms with Crippen LogP contribution in [-0.2, 0) is 14.3 Å². The maximum absolute atomic E-state index is 12.9. The Hall–Kier alpha value is -2.10. The van der Waals surface area contributed by atoms with E-state index in [1.807, 2.05) is 30.3 Å². The van der Waals surface area contributed by atoms with E-state index in [0.29, 0.717) is 17.4 Å². The molecule has 1 spiro atoms. The van der Waals surface area contributed by atoms with E-state index in [0.717, 1.165) is 44.9 Å². The van der Waals surface area contributed by atoms with Crippen LogP contribution >= 0.6 is 0 Å². The van der Waals surface area contributed by atoms with Gasteiger partial charge in [-0.2, -0.15) is 0 Å². The number of hydrogen-bond donors (Lipinski definition) is 0. The van der Waals surface area contributed by atoms with Gasteiger partial charge in [-0.05, 0) is 86.7 Å². The van der Waals surface area contributed by atoms with Crippen LogP contribution in [-0.4, -0.2) is 25.2 Å². The molecule has 5 fully saturated rings. The van der Waals surface area contributed by atoms with Crippen molar-refractivity contribution in [2.24, 2.45) is 34.0 Å². The van der Waals surface area contributed by atoms with Crippen molar-refractivity contribution in [3.8, 4) is 0 Å². The zero-order valence-corrected chi connectivity index (χ0v) is 19.7. The number of fused-ring (bicyclic) bond motifs is 3. The molecular formula is C28H36O4. The van der Waals surface area contributed by atoms with Crippen LogP contribution in [0.25, 0.3) is 0 Å². The minimum Gasteiger partial charge on any atom is -0.469 e. The van der Waals surface area contributed by atoms with Crippen LogP contribution in [0, 0.1) is 34.0 Å². The fourth-order valence-corrected chi connectivity index (χ4v) is 8.67. The maximum Gasteiger partial charge on any atom is 0.338 e. The quantitative estimate of drug-likeness (QED) is 0.433. The van der Waals surface area contributed by atoms with Gasteiger partial charge in [0.05, 0.1) is 18.1 Å². The number of benzene rings is 1. The first kappa shape index (κ1) is 21.7. The second kappa shape index (κ2) is 7.46. The van der Waals surface area contributed by atoms with Gasteiger partial charge in [0.1, 0.15) is 6.10 Å². The van der Waals surface area contributed by atoms with Crippen molar-refractivity contribution in [3.05, 3.63) is 48.0 Å². The van der Waals surface area contributed by atoms with Crippen molar-refractivity contribution < 1.29 is 19.1 Å². The van der Waals surface area contributed by atoms with Crippen LogP contribution in [0.4, 0.5) is 0 Å². The molecule has 1 aromatic carbocycles. The summed E-state index contributed by atoms with van der Waals surface area (Å²) < 4.78 is 11.4. The van der Waals surface area contributed by atoms with E-state index in [1.54, 1.807) is 0 Å². The molecule has 1 aromatic rings. The van der Waals surface area contributed by atoms with Gasteiger partial charge < -0.3 is 9.47 Å². The molecule has 2 bridgehead atoms. The highest BCUT2D eigenvalue weighted by atomic mass is 16.5. The lowest BCUT2D eigenvalue weighted by Gasteiger charge is -2.68. The molecule has 4 nitrogen and oxygen atoms in total. The molecule has 7 atom stereocenters. The fraction of sp³-hybridized carbons (Fsp3) is 0.643. The highest BCUT2D eigenvalue weighted by Gasteiger charge is 2.67. The minimum atomic E-state index is -0.393. The number of carbonyl (C=O) groups is 2. The molecule has 0 heterocycles. The smallest absolute Gasteiger partial charge is 0.338 e. The molecule has 0 aliphatic heterocycles. The van der Waals surface area contributed by atoms with Crippen molar-refractivity contribution in [2.45, 2.75) is 71.3 Å². The number of ether oxygens (including phenoxy) is 2. The summed E-state index contributed by atoms with van der Waals surface area (Å²) in [6.07, 6.45) is 8.19. The standard InChI is InChI=1S/C28H36O4/c1-18-16-28-14-11-22-26(2,12-8-13-27(22,3)25(30)31-4)23(28)15-20(18)21(17-28)32-24(29)19-9-6-5-7-10-19/h5-7,9-10,20-23H,1,8,11-17H2,2-4H3/t20-,21+,22-,23-,26+,27-,28+/m1/s1. The summed E-state index contributed by atoms with van der Waals surface area (Å²) in [4.78, 5) is 25.7. The predicted molar refractivity (Wildman–Crippen MR) is 123 cm³/mol. The van der Waals surface area contributed by atoms with Gasteiger partial charge in [-0.25, -0.2) is 4.79 Å². The lowest BCUT2D eigenvalue weighted by atomic mass is 9.36. The average Bonchev–Trinajstić information content (AvgIpc) is 2.78. The minimum absolute atomic E-state index is 0.0376. The maximum atomic E-state index is 12.9. The van der Waals surface area contributed by atoms with Crippen LogP contribution in [0.5, 0.6) is 0 Å². The van der Waals surface area contributed by atoms with Gasteiger partial charge in [0.2, 0.25) is 0 Å². The van der Waals surface area contributed by atoms with Crippen LogP contribution in [0.3, 0.4) is 0 Å². The van der Waals surface area contributed by atoms with Gasteiger partial charge in [-0.15, -0.1) is 0 Å². The number of methoxy groups -OCH3 is 1. The van der Waals surface area contributed by atoms with E-state index < -0.39 is 5.41 Å². The molecule has 0 aromatic heterocycles. The zero-order chi connectivity index (χ0) is 22.7. The molecule has 32 heavy (non-hydrogen) atoms. The summed E-state index contributed by atoms with van der Waals surface area (Å²) in [5, 5.41) is 0. The molecule has 0 radical (unpaired) electrons. The third-order valence-corrected chi connectivity index (χ3v) is 10.0. The highest BCUT2D eigenvalue weighted by Crippen LogP contribution is 2.72. The van der Waals surface area contributed by atoms with Crippen LogP contribution in [0.1, 0.15) is 75.6 Å². The van der Waals surface area contributed by atoms with Crippen molar-refractivity contribution in [2.75, 3.05) is 7.11 Å². The van der Waals surface area contributed by atoms with E-state index in [9.17, 15) is 9.59 Å². The van der Waals surface area contributed by atoms with Crippen molar-refractivity contribution in [1.29, 1.82) is 0 Å². The van der Waals surface area contributed by atoms with Crippen LogP contribution in [0.2, 0.25) is 0 Å². The van der Waals surface area contributed by atoms with E-state index in [-0.39, 0.29) is 34.8 Å². The summed E-state index contributed by atoms with van der Waals surface area (Å²) in [6.45, 7) is 9.03. The Labute approximate surface area is 191 Å². The molecule has 4 heteroatoms. The Morgan fingerprint density at radius 2 is 1.81 bits per heavy atom. The summed E-state index contributed by atoms with van der Waals surface area (Å²) >= 11 is 0. The summed E-state index contributed by atoms with van der Waals surface area (Å²) in [5.41, 5.74) is 1.73. The normalized spacial score (nSPS) is 42.5. The van der Waals surface area contributed by atoms with Crippen LogP contribution in [0.15, 0.2) is 42.5 Å². The molecule has 0 saturated heterocycles. The summed E-state index contributed by atoms with van der Waals surface area (Å²) in [5.74, 6) is 0.852. The van der Waals surface area contributed by atoms with Gasteiger partial charge in [-0.1, -0.05) is 43.7 Å². The first-order valence-electron chi connectivity index (χ1n) is 12.3. The third-order valence-electron chi connectivity index (χ3n) is 10.0. The van der Waals surface area contributed by atoms with Gasteiger partial charge in [-0.3, -0.25) is 4.79 Å². The SMILES string of the molecule is C=C1C[C@]23CC[C@@H]4[C@](C)(CCC[C@@]4(C)C(=O)OC)[C@H]2C[C@H]1[C@@H](OC(=O)c1ccccc1)C3. The Morgan fingerprint density at radius 3 is 2.53 bits per heavy atom. The van der Waals surface area contributed by atoms with Gasteiger partial charge >= 0.3 is 11.9 Å². The van der Waals surface area contributed by atoms with Gasteiger partial charge in [0.25, 0.3) is 0 Å². The van der Waals surface area contributed by atoms with E-state index in [1.165, 1.54) is 19.1 Å². The lowest BCUT2D eigenvalue weighted by Crippen LogP contribution is -2.63. The predicted octanol–water partition coefficient (Wildman–Crippen LogP) is 5.96. The number of rotatable bonds is 3. The summed E-state index contributed by atoms with van der Waals surface area (Å²) in [6, 6.07) is 9.31. The first-order valence-corrected chi connectivity index (χ1v) is 12.3. The highest BCUT2D eigenvalue weighted by molar-refractivity contribution is 5.89. The number of hydrogen-bond acceptors (Lipinski definition) is 4. The molecule has 0 N–H and O–H groups in total. The topological polar surface area (TPSA) is 52.6 Å². The number of esters is 2. The zero-order valence-electron chi connectivity index (χ0n) is 19.7. The Bertz CT molecular complexity index is 938. The number of carbonyl (C=O) groups excluding carboxylic acids is 2. The van der Waals surface area contributed by atoms with Crippen LogP contribution < -0.4 is 0 Å². The van der Waals surface area contributed by atoms with Gasteiger partial charge in [0.15, 0.2) is 0 Å². The largest absolute Gasteiger partial charge is 0.469 e. The van der Waals surface area contributed by atoms with E-state index in [2.05, 4.69) is 20.4 Å². The summed E-state index contributed by atoms with van der Waals surface area (Å²) in [7, 11) is 1.53. The molecule has 5 aliphatic rings. The molecule has 0 unspecified atom stereocenters. The van der Waals surface area contributed by atoms with Crippen molar-refractivity contribution in [3.63, 3.8) is 0 Å². The van der Waals surface area contributed by atoms with Gasteiger partial charge in [0, 0.05) is 5.92 Å². The molecule has 6 rings (SSSR count). The molecule has 5 aliphatic carbocycles. The Morgan fingerprint density at radius 1 is 1.06 bits per heavy atom. The fourth-order valence-electron chi connectivity index (χ4n) is 8.67.